The Kier molecular flexibility index (Phi) is 3.95. The van der Waals surface area contributed by atoms with Gasteiger partial charge >= 0.3 is 0 Å². The number of nitrogens with two attached hydrogens (primary N) is 1. The number of halogens is 2. The summed E-state index contributed by atoms with van der Waals surface area (Å²) in [7, 11) is 0. The van der Waals surface area contributed by atoms with Crippen LogP contribution in [-0.2, 0) is 0 Å². The quantitative estimate of drug-likeness (QED) is 0.931. The van der Waals surface area contributed by atoms with Gasteiger partial charge in [0.15, 0.2) is 0 Å². The summed E-state index contributed by atoms with van der Waals surface area (Å²) in [5, 5.41) is 5.46. The molecule has 0 saturated heterocycles. The summed E-state index contributed by atoms with van der Waals surface area (Å²) in [4.78, 5) is 0. The minimum Gasteiger partial charge on any atom is -0.319 e. The second kappa shape index (κ2) is 5.31. The Bertz CT molecular complexity index is 549. The maximum absolute atomic E-state index is 6.27. The van der Waals surface area contributed by atoms with Crippen molar-refractivity contribution < 1.29 is 0 Å². The highest BCUT2D eigenvalue weighted by Crippen LogP contribution is 2.31. The predicted octanol–water partition coefficient (Wildman–Crippen LogP) is 3.82. The molecule has 0 radical (unpaired) electrons. The molecule has 0 spiro atoms. The summed E-state index contributed by atoms with van der Waals surface area (Å²) < 4.78 is 1.83. The zero-order valence-corrected chi connectivity index (χ0v) is 11.8. The van der Waals surface area contributed by atoms with Crippen LogP contribution in [0.2, 0.25) is 10.0 Å². The minimum absolute atomic E-state index is 0.195. The lowest BCUT2D eigenvalue weighted by atomic mass is 10.0. The van der Waals surface area contributed by atoms with Crippen molar-refractivity contribution in [1.82, 2.24) is 9.78 Å². The van der Waals surface area contributed by atoms with Gasteiger partial charge in [-0.25, -0.2) is 0 Å². The third kappa shape index (κ3) is 2.39. The molecule has 0 aliphatic heterocycles. The van der Waals surface area contributed by atoms with Crippen molar-refractivity contribution >= 4 is 23.2 Å². The molecular formula is C13H15Cl2N3. The van der Waals surface area contributed by atoms with Crippen LogP contribution in [-0.4, -0.2) is 9.78 Å². The molecule has 0 bridgehead atoms. The van der Waals surface area contributed by atoms with Gasteiger partial charge in [0.05, 0.1) is 23.0 Å². The van der Waals surface area contributed by atoms with Gasteiger partial charge in [-0.1, -0.05) is 41.4 Å². The molecule has 2 N–H and O–H groups in total. The number of rotatable bonds is 3. The number of nitrogens with zero attached hydrogens (tertiary/aromatic N) is 2. The average molecular weight is 284 g/mol. The normalized spacial score (nSPS) is 13.0. The largest absolute Gasteiger partial charge is 0.319 e. The Hall–Kier alpha value is -1.03. The predicted molar refractivity (Wildman–Crippen MR) is 75.1 cm³/mol. The Morgan fingerprint density at radius 3 is 2.44 bits per heavy atom. The molecule has 1 unspecified atom stereocenters. The molecule has 96 valence electrons. The molecule has 1 aromatic carbocycles. The van der Waals surface area contributed by atoms with E-state index in [4.69, 9.17) is 28.9 Å². The fourth-order valence-corrected chi connectivity index (χ4v) is 2.43. The summed E-state index contributed by atoms with van der Waals surface area (Å²) in [6.45, 7) is 4.07. The van der Waals surface area contributed by atoms with Crippen LogP contribution in [0, 0.1) is 0 Å². The van der Waals surface area contributed by atoms with Crippen LogP contribution in [0.3, 0.4) is 0 Å². The standard InChI is InChI=1S/C13H15Cl2N3/c1-8(2)18-13(11(15)7-17-18)12(16)9-5-3-4-6-10(9)14/h3-8,12H,16H2,1-2H3. The van der Waals surface area contributed by atoms with Gasteiger partial charge in [0.2, 0.25) is 0 Å². The topological polar surface area (TPSA) is 43.8 Å². The third-order valence-electron chi connectivity index (χ3n) is 2.81. The van der Waals surface area contributed by atoms with Crippen LogP contribution in [0.15, 0.2) is 30.5 Å². The van der Waals surface area contributed by atoms with Gasteiger partial charge < -0.3 is 5.73 Å². The van der Waals surface area contributed by atoms with E-state index in [2.05, 4.69) is 5.10 Å². The van der Waals surface area contributed by atoms with Crippen molar-refractivity contribution in [1.29, 1.82) is 0 Å². The van der Waals surface area contributed by atoms with E-state index in [1.165, 1.54) is 0 Å². The van der Waals surface area contributed by atoms with Gasteiger partial charge in [-0.05, 0) is 25.5 Å². The number of aromatic nitrogens is 2. The molecule has 3 nitrogen and oxygen atoms in total. The summed E-state index contributed by atoms with van der Waals surface area (Å²) >= 11 is 12.3. The maximum atomic E-state index is 6.27. The van der Waals surface area contributed by atoms with Gasteiger partial charge in [0.1, 0.15) is 0 Å². The Morgan fingerprint density at radius 2 is 1.83 bits per heavy atom. The lowest BCUT2D eigenvalue weighted by Crippen LogP contribution is -2.19. The maximum Gasteiger partial charge on any atom is 0.0837 e. The van der Waals surface area contributed by atoms with Crippen molar-refractivity contribution in [3.63, 3.8) is 0 Å². The van der Waals surface area contributed by atoms with Gasteiger partial charge in [0.25, 0.3) is 0 Å². The fraction of sp³-hybridized carbons (Fsp3) is 0.308. The molecule has 18 heavy (non-hydrogen) atoms. The fourth-order valence-electron chi connectivity index (χ4n) is 1.93. The van der Waals surface area contributed by atoms with Crippen molar-refractivity contribution in [3.05, 3.63) is 51.8 Å². The molecule has 1 atom stereocenters. The minimum atomic E-state index is -0.379. The first-order valence-corrected chi connectivity index (χ1v) is 6.51. The smallest absolute Gasteiger partial charge is 0.0837 e. The molecule has 5 heteroatoms. The van der Waals surface area contributed by atoms with Crippen LogP contribution in [0.5, 0.6) is 0 Å². The van der Waals surface area contributed by atoms with E-state index in [9.17, 15) is 0 Å². The van der Waals surface area contributed by atoms with E-state index >= 15 is 0 Å². The zero-order valence-electron chi connectivity index (χ0n) is 10.3. The Balaban J connectivity index is 2.49. The molecule has 0 aliphatic carbocycles. The second-order valence-corrected chi connectivity index (χ2v) is 5.23. The molecule has 0 saturated carbocycles. The van der Waals surface area contributed by atoms with E-state index in [1.807, 2.05) is 42.8 Å². The van der Waals surface area contributed by atoms with Gasteiger partial charge in [-0.2, -0.15) is 5.10 Å². The lowest BCUT2D eigenvalue weighted by Gasteiger charge is -2.18. The van der Waals surface area contributed by atoms with Crippen molar-refractivity contribution in [2.24, 2.45) is 5.73 Å². The summed E-state index contributed by atoms with van der Waals surface area (Å²) in [5.41, 5.74) is 7.91. The van der Waals surface area contributed by atoms with Crippen LogP contribution < -0.4 is 5.73 Å². The first-order valence-electron chi connectivity index (χ1n) is 5.75. The highest BCUT2D eigenvalue weighted by molar-refractivity contribution is 6.32. The zero-order chi connectivity index (χ0) is 13.3. The molecule has 0 amide bonds. The molecular weight excluding hydrogens is 269 g/mol. The van der Waals surface area contributed by atoms with Crippen LogP contribution in [0.25, 0.3) is 0 Å². The number of hydrogen-bond acceptors (Lipinski definition) is 2. The van der Waals surface area contributed by atoms with Crippen LogP contribution in [0.1, 0.15) is 37.2 Å². The first-order chi connectivity index (χ1) is 8.52. The highest BCUT2D eigenvalue weighted by atomic mass is 35.5. The van der Waals surface area contributed by atoms with E-state index in [1.54, 1.807) is 6.20 Å². The lowest BCUT2D eigenvalue weighted by molar-refractivity contribution is 0.499. The number of benzene rings is 1. The van der Waals surface area contributed by atoms with Crippen LogP contribution >= 0.6 is 23.2 Å². The van der Waals surface area contributed by atoms with Gasteiger partial charge in [-0.15, -0.1) is 0 Å². The highest BCUT2D eigenvalue weighted by Gasteiger charge is 2.21. The average Bonchev–Trinajstić information content (AvgIpc) is 2.71. The summed E-state index contributed by atoms with van der Waals surface area (Å²) in [6.07, 6.45) is 1.62. The third-order valence-corrected chi connectivity index (χ3v) is 3.45. The van der Waals surface area contributed by atoms with E-state index < -0.39 is 0 Å². The van der Waals surface area contributed by atoms with Crippen molar-refractivity contribution in [2.75, 3.05) is 0 Å². The number of hydrogen-bond donors (Lipinski definition) is 1. The SMILES string of the molecule is CC(C)n1ncc(Cl)c1C(N)c1ccccc1Cl. The molecule has 0 fully saturated rings. The first kappa shape index (κ1) is 13.4. The van der Waals surface area contributed by atoms with E-state index in [0.717, 1.165) is 11.3 Å². The van der Waals surface area contributed by atoms with Crippen LogP contribution in [0.4, 0.5) is 0 Å². The Labute approximate surface area is 117 Å². The summed E-state index contributed by atoms with van der Waals surface area (Å²) in [5.74, 6) is 0. The van der Waals surface area contributed by atoms with E-state index in [-0.39, 0.29) is 12.1 Å². The van der Waals surface area contributed by atoms with Crippen molar-refractivity contribution in [2.45, 2.75) is 25.9 Å². The van der Waals surface area contributed by atoms with Crippen molar-refractivity contribution in [3.8, 4) is 0 Å². The molecule has 0 aliphatic rings. The molecule has 1 heterocycles. The monoisotopic (exact) mass is 283 g/mol. The van der Waals surface area contributed by atoms with Gasteiger partial charge in [-0.3, -0.25) is 4.68 Å². The molecule has 2 rings (SSSR count). The molecule has 1 aromatic heterocycles. The van der Waals surface area contributed by atoms with E-state index in [0.29, 0.717) is 10.0 Å². The Morgan fingerprint density at radius 1 is 1.17 bits per heavy atom. The summed E-state index contributed by atoms with van der Waals surface area (Å²) in [6, 6.07) is 7.32. The van der Waals surface area contributed by atoms with Gasteiger partial charge in [0, 0.05) is 11.1 Å². The second-order valence-electron chi connectivity index (χ2n) is 4.42. The molecule has 2 aromatic rings.